The largest absolute Gasteiger partial charge is 0.461 e. The quantitative estimate of drug-likeness (QED) is 0.248. The Bertz CT molecular complexity index is 1620. The summed E-state index contributed by atoms with van der Waals surface area (Å²) < 4.78 is 7.26. The zero-order valence-electron chi connectivity index (χ0n) is 24.6. The SMILES string of the molecule is CCOC(=O)c1cc(-c2ccc(N3CCC(C#N)CC3)nc2)c2c(C(C)C)nn(-c3cccc(N4CCCC4)c3)c2n1. The van der Waals surface area contributed by atoms with E-state index in [0.29, 0.717) is 5.65 Å². The highest BCUT2D eigenvalue weighted by atomic mass is 16.5. The van der Waals surface area contributed by atoms with Gasteiger partial charge in [-0.25, -0.2) is 19.4 Å². The minimum Gasteiger partial charge on any atom is -0.461 e. The summed E-state index contributed by atoms with van der Waals surface area (Å²) in [7, 11) is 0. The van der Waals surface area contributed by atoms with Crippen LogP contribution in [0.3, 0.4) is 0 Å². The van der Waals surface area contributed by atoms with Gasteiger partial charge in [-0.15, -0.1) is 0 Å². The number of esters is 1. The molecule has 2 saturated heterocycles. The summed E-state index contributed by atoms with van der Waals surface area (Å²) in [5.74, 6) is 0.673. The van der Waals surface area contributed by atoms with Crippen LogP contribution in [0.1, 0.15) is 68.6 Å². The maximum Gasteiger partial charge on any atom is 0.357 e. The Balaban J connectivity index is 1.47. The molecule has 5 heterocycles. The Kier molecular flexibility index (Phi) is 7.79. The predicted molar refractivity (Wildman–Crippen MR) is 164 cm³/mol. The number of pyridine rings is 2. The van der Waals surface area contributed by atoms with Crippen LogP contribution in [0.5, 0.6) is 0 Å². The first-order chi connectivity index (χ1) is 20.5. The molecule has 9 nitrogen and oxygen atoms in total. The van der Waals surface area contributed by atoms with Gasteiger partial charge in [0.2, 0.25) is 0 Å². The summed E-state index contributed by atoms with van der Waals surface area (Å²) in [6, 6.07) is 16.7. The van der Waals surface area contributed by atoms with Crippen LogP contribution in [0.2, 0.25) is 0 Å². The molecule has 9 heteroatoms. The topological polar surface area (TPSA) is 100 Å². The number of ether oxygens (including phenoxy) is 1. The van der Waals surface area contributed by atoms with E-state index < -0.39 is 5.97 Å². The lowest BCUT2D eigenvalue weighted by molar-refractivity contribution is 0.0520. The van der Waals surface area contributed by atoms with Crippen LogP contribution in [0.15, 0.2) is 48.7 Å². The molecule has 2 aliphatic rings. The van der Waals surface area contributed by atoms with Crippen LogP contribution in [-0.2, 0) is 4.74 Å². The molecule has 216 valence electrons. The third-order valence-corrected chi connectivity index (χ3v) is 8.30. The molecule has 0 atom stereocenters. The number of rotatable bonds is 7. The molecule has 42 heavy (non-hydrogen) atoms. The lowest BCUT2D eigenvalue weighted by Crippen LogP contribution is -2.33. The number of carbonyl (C=O) groups is 1. The van der Waals surface area contributed by atoms with Gasteiger partial charge in [0.05, 0.1) is 29.4 Å². The number of carbonyl (C=O) groups excluding carboxylic acids is 1. The standard InChI is InChI=1S/C33H37N7O2/c1-4-42-33(41)28-19-27(24-10-11-29(35-21-24)39-16-12-23(20-34)13-17-39)30-31(22(2)3)37-40(32(30)36-28)26-9-7-8-25(18-26)38-14-5-6-15-38/h7-11,18-19,21-23H,4-6,12-17H2,1-3H3. The number of fused-ring (bicyclic) bond motifs is 1. The summed E-state index contributed by atoms with van der Waals surface area (Å²) in [6.45, 7) is 10.1. The molecule has 0 radical (unpaired) electrons. The monoisotopic (exact) mass is 563 g/mol. The van der Waals surface area contributed by atoms with Crippen molar-refractivity contribution in [3.63, 3.8) is 0 Å². The van der Waals surface area contributed by atoms with Crippen LogP contribution in [0, 0.1) is 17.2 Å². The zero-order valence-corrected chi connectivity index (χ0v) is 24.6. The molecule has 2 aliphatic heterocycles. The van der Waals surface area contributed by atoms with Crippen molar-refractivity contribution < 1.29 is 9.53 Å². The third-order valence-electron chi connectivity index (χ3n) is 8.30. The second kappa shape index (κ2) is 11.8. The highest BCUT2D eigenvalue weighted by Gasteiger charge is 2.25. The summed E-state index contributed by atoms with van der Waals surface area (Å²) in [5, 5.41) is 15.3. The molecule has 0 saturated carbocycles. The van der Waals surface area contributed by atoms with Gasteiger partial charge in [-0.1, -0.05) is 19.9 Å². The predicted octanol–water partition coefficient (Wildman–Crippen LogP) is 6.12. The van der Waals surface area contributed by atoms with Gasteiger partial charge in [0.25, 0.3) is 0 Å². The van der Waals surface area contributed by atoms with Gasteiger partial charge in [0.15, 0.2) is 11.3 Å². The zero-order chi connectivity index (χ0) is 29.2. The number of benzene rings is 1. The lowest BCUT2D eigenvalue weighted by atomic mass is 9.97. The number of nitriles is 1. The van der Waals surface area contributed by atoms with E-state index in [1.165, 1.54) is 18.5 Å². The highest BCUT2D eigenvalue weighted by Crippen LogP contribution is 2.36. The normalized spacial score (nSPS) is 15.9. The average molecular weight is 564 g/mol. The number of hydrogen-bond donors (Lipinski definition) is 0. The summed E-state index contributed by atoms with van der Waals surface area (Å²) in [5.41, 5.74) is 5.60. The van der Waals surface area contributed by atoms with Crippen molar-refractivity contribution in [1.82, 2.24) is 19.7 Å². The Morgan fingerprint density at radius 1 is 1.05 bits per heavy atom. The number of piperidine rings is 1. The maximum atomic E-state index is 13.0. The van der Waals surface area contributed by atoms with Crippen LogP contribution < -0.4 is 9.80 Å². The number of nitrogens with zero attached hydrogens (tertiary/aromatic N) is 7. The van der Waals surface area contributed by atoms with Gasteiger partial charge in [-0.2, -0.15) is 10.4 Å². The maximum absolute atomic E-state index is 13.0. The average Bonchev–Trinajstić information content (AvgIpc) is 3.70. The van der Waals surface area contributed by atoms with E-state index in [1.54, 1.807) is 6.92 Å². The number of aromatic nitrogens is 4. The molecular formula is C33H37N7O2. The van der Waals surface area contributed by atoms with Crippen molar-refractivity contribution in [1.29, 1.82) is 5.26 Å². The van der Waals surface area contributed by atoms with Crippen molar-refractivity contribution in [3.8, 4) is 22.9 Å². The second-order valence-corrected chi connectivity index (χ2v) is 11.4. The Hall–Kier alpha value is -4.45. The smallest absolute Gasteiger partial charge is 0.357 e. The van der Waals surface area contributed by atoms with Crippen molar-refractivity contribution in [2.45, 2.75) is 52.4 Å². The van der Waals surface area contributed by atoms with Gasteiger partial charge >= 0.3 is 5.97 Å². The van der Waals surface area contributed by atoms with Crippen LogP contribution in [-0.4, -0.2) is 58.5 Å². The summed E-state index contributed by atoms with van der Waals surface area (Å²) >= 11 is 0. The first-order valence-corrected chi connectivity index (χ1v) is 15.0. The van der Waals surface area contributed by atoms with E-state index in [9.17, 15) is 10.1 Å². The van der Waals surface area contributed by atoms with E-state index >= 15 is 0 Å². The van der Waals surface area contributed by atoms with Gasteiger partial charge in [0, 0.05) is 49.5 Å². The Labute approximate surface area is 246 Å². The van der Waals surface area contributed by atoms with E-state index in [4.69, 9.17) is 19.8 Å². The van der Waals surface area contributed by atoms with E-state index in [0.717, 1.165) is 72.7 Å². The molecule has 0 unspecified atom stereocenters. The molecule has 0 N–H and O–H groups in total. The Morgan fingerprint density at radius 3 is 2.48 bits per heavy atom. The number of hydrogen-bond acceptors (Lipinski definition) is 8. The fraction of sp³-hybridized carbons (Fsp3) is 0.424. The van der Waals surface area contributed by atoms with Crippen molar-refractivity contribution in [2.24, 2.45) is 5.92 Å². The van der Waals surface area contributed by atoms with E-state index in [-0.39, 0.29) is 24.1 Å². The molecule has 0 bridgehead atoms. The first-order valence-electron chi connectivity index (χ1n) is 15.0. The number of anilines is 2. The van der Waals surface area contributed by atoms with Crippen LogP contribution >= 0.6 is 0 Å². The molecule has 1 aromatic carbocycles. The fourth-order valence-corrected chi connectivity index (χ4v) is 6.03. The minimum atomic E-state index is -0.463. The summed E-state index contributed by atoms with van der Waals surface area (Å²) in [4.78, 5) is 27.3. The third kappa shape index (κ3) is 5.29. The van der Waals surface area contributed by atoms with Gasteiger partial charge < -0.3 is 14.5 Å². The Morgan fingerprint density at radius 2 is 1.81 bits per heavy atom. The van der Waals surface area contributed by atoms with Gasteiger partial charge in [0.1, 0.15) is 5.82 Å². The molecule has 0 aliphatic carbocycles. The highest BCUT2D eigenvalue weighted by molar-refractivity contribution is 6.00. The second-order valence-electron chi connectivity index (χ2n) is 11.4. The molecule has 4 aromatic rings. The molecule has 6 rings (SSSR count). The van der Waals surface area contributed by atoms with Crippen LogP contribution in [0.25, 0.3) is 27.8 Å². The van der Waals surface area contributed by atoms with Gasteiger partial charge in [-0.3, -0.25) is 0 Å². The fourth-order valence-electron chi connectivity index (χ4n) is 6.03. The van der Waals surface area contributed by atoms with Crippen molar-refractivity contribution in [3.05, 3.63) is 60.0 Å². The summed E-state index contributed by atoms with van der Waals surface area (Å²) in [6.07, 6.45) is 5.97. The molecule has 3 aromatic heterocycles. The van der Waals surface area contributed by atoms with E-state index in [1.807, 2.05) is 29.1 Å². The molecule has 0 spiro atoms. The van der Waals surface area contributed by atoms with Crippen LogP contribution in [0.4, 0.5) is 11.5 Å². The van der Waals surface area contributed by atoms with Crippen molar-refractivity contribution in [2.75, 3.05) is 42.6 Å². The first kappa shape index (κ1) is 27.7. The molecule has 2 fully saturated rings. The molecule has 0 amide bonds. The lowest BCUT2D eigenvalue weighted by Gasteiger charge is -2.30. The van der Waals surface area contributed by atoms with E-state index in [2.05, 4.69) is 54.0 Å². The minimum absolute atomic E-state index is 0.119. The van der Waals surface area contributed by atoms with Crippen molar-refractivity contribution >= 4 is 28.5 Å². The molecular weight excluding hydrogens is 526 g/mol. The van der Waals surface area contributed by atoms with Gasteiger partial charge in [-0.05, 0) is 80.5 Å².